The van der Waals surface area contributed by atoms with Gasteiger partial charge in [-0.05, 0) is 57.2 Å². The lowest BCUT2D eigenvalue weighted by molar-refractivity contribution is 0.0763. The highest BCUT2D eigenvalue weighted by Gasteiger charge is 2.32. The molecule has 1 fully saturated rings. The van der Waals surface area contributed by atoms with Crippen LogP contribution in [0.15, 0.2) is 0 Å². The summed E-state index contributed by atoms with van der Waals surface area (Å²) in [7, 11) is 0. The van der Waals surface area contributed by atoms with Gasteiger partial charge in [-0.2, -0.15) is 0 Å². The van der Waals surface area contributed by atoms with Crippen LogP contribution in [0.4, 0.5) is 0 Å². The summed E-state index contributed by atoms with van der Waals surface area (Å²) >= 11 is 0. The van der Waals surface area contributed by atoms with Crippen LogP contribution in [0.5, 0.6) is 0 Å². The third-order valence-corrected chi connectivity index (χ3v) is 5.13. The fraction of sp³-hybridized carbons (Fsp3) is 1.00. The Morgan fingerprint density at radius 3 is 2.10 bits per heavy atom. The number of hydrogen-bond donors (Lipinski definition) is 1. The van der Waals surface area contributed by atoms with Crippen LogP contribution in [0.1, 0.15) is 78.6 Å². The van der Waals surface area contributed by atoms with Crippen molar-refractivity contribution in [2.75, 3.05) is 19.6 Å². The molecular weight excluding hydrogens is 244 g/mol. The first-order valence-corrected chi connectivity index (χ1v) is 9.20. The Balaban J connectivity index is 2.64. The van der Waals surface area contributed by atoms with Gasteiger partial charge in [0.1, 0.15) is 0 Å². The molecular formula is C18H38N2. The third-order valence-electron chi connectivity index (χ3n) is 5.13. The van der Waals surface area contributed by atoms with Crippen LogP contribution in [0, 0.1) is 11.8 Å². The molecule has 0 saturated heterocycles. The molecule has 0 aromatic rings. The maximum Gasteiger partial charge on any atom is 0.0138 e. The zero-order chi connectivity index (χ0) is 14.8. The molecule has 0 aromatic carbocycles. The molecule has 0 amide bonds. The van der Waals surface area contributed by atoms with Crippen molar-refractivity contribution >= 4 is 0 Å². The van der Waals surface area contributed by atoms with Crippen LogP contribution in [-0.4, -0.2) is 30.6 Å². The molecule has 3 unspecified atom stereocenters. The average Bonchev–Trinajstić information content (AvgIpc) is 2.48. The molecule has 1 rings (SSSR count). The van der Waals surface area contributed by atoms with Crippen LogP contribution in [0.25, 0.3) is 0 Å². The van der Waals surface area contributed by atoms with Crippen LogP contribution in [-0.2, 0) is 0 Å². The summed E-state index contributed by atoms with van der Waals surface area (Å²) in [5, 5.41) is 0. The first-order valence-electron chi connectivity index (χ1n) is 9.20. The number of nitrogens with two attached hydrogens (primary N) is 1. The van der Waals surface area contributed by atoms with Crippen LogP contribution >= 0.6 is 0 Å². The van der Waals surface area contributed by atoms with Crippen molar-refractivity contribution in [3.05, 3.63) is 0 Å². The van der Waals surface area contributed by atoms with E-state index in [9.17, 15) is 0 Å². The van der Waals surface area contributed by atoms with Gasteiger partial charge in [0.25, 0.3) is 0 Å². The molecule has 0 spiro atoms. The molecule has 0 aromatic heterocycles. The van der Waals surface area contributed by atoms with Crippen LogP contribution in [0.2, 0.25) is 0 Å². The van der Waals surface area contributed by atoms with Gasteiger partial charge in [-0.15, -0.1) is 0 Å². The van der Waals surface area contributed by atoms with E-state index in [0.717, 1.165) is 24.4 Å². The minimum absolute atomic E-state index is 0.747. The summed E-state index contributed by atoms with van der Waals surface area (Å²) < 4.78 is 0. The summed E-state index contributed by atoms with van der Waals surface area (Å²) in [5.74, 6) is 1.70. The predicted octanol–water partition coefficient (Wildman–Crippen LogP) is 4.43. The van der Waals surface area contributed by atoms with Crippen molar-refractivity contribution in [3.63, 3.8) is 0 Å². The Hall–Kier alpha value is -0.0800. The molecule has 120 valence electrons. The van der Waals surface area contributed by atoms with E-state index in [2.05, 4.69) is 25.7 Å². The van der Waals surface area contributed by atoms with E-state index in [1.165, 1.54) is 70.9 Å². The standard InChI is InChI=1S/C18H38N2/c1-4-7-12-20(13-8-5-2)18-14-16(9-6-3)10-11-17(18)15-19/h16-18H,4-15,19H2,1-3H3. The van der Waals surface area contributed by atoms with Crippen molar-refractivity contribution in [2.24, 2.45) is 17.6 Å². The molecule has 1 aliphatic carbocycles. The van der Waals surface area contributed by atoms with E-state index in [1.807, 2.05) is 0 Å². The molecule has 0 heterocycles. The SMILES string of the molecule is CCCCN(CCCC)C1CC(CCC)CCC1CN. The minimum atomic E-state index is 0.747. The van der Waals surface area contributed by atoms with Crippen molar-refractivity contribution in [3.8, 4) is 0 Å². The summed E-state index contributed by atoms with van der Waals surface area (Å²) in [5.41, 5.74) is 6.08. The fourth-order valence-electron chi connectivity index (χ4n) is 3.85. The van der Waals surface area contributed by atoms with E-state index < -0.39 is 0 Å². The maximum atomic E-state index is 6.08. The number of nitrogens with zero attached hydrogens (tertiary/aromatic N) is 1. The van der Waals surface area contributed by atoms with E-state index >= 15 is 0 Å². The zero-order valence-corrected chi connectivity index (χ0v) is 14.2. The van der Waals surface area contributed by atoms with Gasteiger partial charge in [0.05, 0.1) is 0 Å². The summed E-state index contributed by atoms with van der Waals surface area (Å²) in [4.78, 5) is 2.80. The van der Waals surface area contributed by atoms with Gasteiger partial charge in [-0.3, -0.25) is 0 Å². The molecule has 2 heteroatoms. The summed E-state index contributed by atoms with van der Waals surface area (Å²) in [6.07, 6.45) is 12.2. The van der Waals surface area contributed by atoms with Gasteiger partial charge >= 0.3 is 0 Å². The second-order valence-corrected chi connectivity index (χ2v) is 6.77. The highest BCUT2D eigenvalue weighted by atomic mass is 15.2. The highest BCUT2D eigenvalue weighted by Crippen LogP contribution is 2.34. The van der Waals surface area contributed by atoms with E-state index in [4.69, 9.17) is 5.73 Å². The van der Waals surface area contributed by atoms with Crippen LogP contribution in [0.3, 0.4) is 0 Å². The van der Waals surface area contributed by atoms with E-state index in [0.29, 0.717) is 0 Å². The number of rotatable bonds is 10. The highest BCUT2D eigenvalue weighted by molar-refractivity contribution is 4.87. The Labute approximate surface area is 127 Å². The van der Waals surface area contributed by atoms with Gasteiger partial charge in [0.2, 0.25) is 0 Å². The first-order chi connectivity index (χ1) is 9.76. The second-order valence-electron chi connectivity index (χ2n) is 6.77. The van der Waals surface area contributed by atoms with Crippen molar-refractivity contribution in [1.82, 2.24) is 4.90 Å². The molecule has 0 radical (unpaired) electrons. The Bertz CT molecular complexity index is 221. The Morgan fingerprint density at radius 2 is 1.60 bits per heavy atom. The maximum absolute atomic E-state index is 6.08. The quantitative estimate of drug-likeness (QED) is 0.642. The topological polar surface area (TPSA) is 29.3 Å². The van der Waals surface area contributed by atoms with Crippen molar-refractivity contribution in [1.29, 1.82) is 0 Å². The molecule has 3 atom stereocenters. The molecule has 0 aliphatic heterocycles. The summed E-state index contributed by atoms with van der Waals surface area (Å²) in [6.45, 7) is 10.4. The number of hydrogen-bond acceptors (Lipinski definition) is 2. The first kappa shape index (κ1) is 18.0. The normalized spacial score (nSPS) is 27.1. The lowest BCUT2D eigenvalue weighted by atomic mass is 9.76. The zero-order valence-electron chi connectivity index (χ0n) is 14.2. The Kier molecular flexibility index (Phi) is 9.54. The van der Waals surface area contributed by atoms with Crippen molar-refractivity contribution < 1.29 is 0 Å². The van der Waals surface area contributed by atoms with Gasteiger partial charge in [0.15, 0.2) is 0 Å². The summed E-state index contributed by atoms with van der Waals surface area (Å²) in [6, 6.07) is 0.767. The molecule has 2 N–H and O–H groups in total. The Morgan fingerprint density at radius 1 is 0.950 bits per heavy atom. The molecule has 1 saturated carbocycles. The fourth-order valence-corrected chi connectivity index (χ4v) is 3.85. The number of unbranched alkanes of at least 4 members (excludes halogenated alkanes) is 2. The monoisotopic (exact) mass is 282 g/mol. The third kappa shape index (κ3) is 5.73. The minimum Gasteiger partial charge on any atom is -0.330 e. The second kappa shape index (κ2) is 10.6. The molecule has 2 nitrogen and oxygen atoms in total. The smallest absolute Gasteiger partial charge is 0.0138 e. The largest absolute Gasteiger partial charge is 0.330 e. The van der Waals surface area contributed by atoms with Gasteiger partial charge in [-0.25, -0.2) is 0 Å². The average molecular weight is 283 g/mol. The molecule has 20 heavy (non-hydrogen) atoms. The van der Waals surface area contributed by atoms with E-state index in [-0.39, 0.29) is 0 Å². The predicted molar refractivity (Wildman–Crippen MR) is 90.0 cm³/mol. The lowest BCUT2D eigenvalue weighted by Gasteiger charge is -2.43. The van der Waals surface area contributed by atoms with Crippen molar-refractivity contribution in [2.45, 2.75) is 84.6 Å². The van der Waals surface area contributed by atoms with E-state index in [1.54, 1.807) is 0 Å². The van der Waals surface area contributed by atoms with Gasteiger partial charge in [0, 0.05) is 6.04 Å². The molecule has 0 bridgehead atoms. The van der Waals surface area contributed by atoms with Gasteiger partial charge < -0.3 is 10.6 Å². The molecule has 1 aliphatic rings. The lowest BCUT2D eigenvalue weighted by Crippen LogP contribution is -2.47. The van der Waals surface area contributed by atoms with Gasteiger partial charge in [-0.1, -0.05) is 52.9 Å². The van der Waals surface area contributed by atoms with Crippen LogP contribution < -0.4 is 5.73 Å².